The number of benzene rings is 2. The first-order chi connectivity index (χ1) is 17.2. The van der Waals surface area contributed by atoms with Gasteiger partial charge in [-0.2, -0.15) is 0 Å². The summed E-state index contributed by atoms with van der Waals surface area (Å²) in [6.45, 7) is 4.97. The standard InChI is InChI=1S/C28H33N3O4/c1-4-35-28(32)20-10-12-26-23(18-20)29-27(31(26)14-16-34-3)19-9-11-25-22(17-19)21-7-5-6-8-24(21)30(25)13-15-33-2/h9-12,17-18H,4-8,13-16H2,1-3H3. The van der Waals surface area contributed by atoms with Gasteiger partial charge in [-0.1, -0.05) is 0 Å². The van der Waals surface area contributed by atoms with Crippen molar-refractivity contribution in [2.75, 3.05) is 34.0 Å². The normalized spacial score (nSPS) is 13.5. The number of rotatable bonds is 9. The molecule has 5 rings (SSSR count). The average Bonchev–Trinajstić information content (AvgIpc) is 3.41. The molecular weight excluding hydrogens is 442 g/mol. The van der Waals surface area contributed by atoms with Crippen LogP contribution >= 0.6 is 0 Å². The summed E-state index contributed by atoms with van der Waals surface area (Å²) < 4.78 is 20.6. The first-order valence-corrected chi connectivity index (χ1v) is 12.5. The summed E-state index contributed by atoms with van der Waals surface area (Å²) in [5.74, 6) is 0.557. The Morgan fingerprint density at radius 3 is 2.46 bits per heavy atom. The second-order valence-corrected chi connectivity index (χ2v) is 9.01. The van der Waals surface area contributed by atoms with Crippen molar-refractivity contribution in [2.45, 2.75) is 45.7 Å². The van der Waals surface area contributed by atoms with Gasteiger partial charge in [0.2, 0.25) is 0 Å². The van der Waals surface area contributed by atoms with Crippen LogP contribution in [0.25, 0.3) is 33.3 Å². The van der Waals surface area contributed by atoms with Gasteiger partial charge in [0.05, 0.1) is 36.4 Å². The first-order valence-electron chi connectivity index (χ1n) is 12.5. The van der Waals surface area contributed by atoms with E-state index in [1.165, 1.54) is 35.0 Å². The minimum atomic E-state index is -0.326. The zero-order valence-corrected chi connectivity index (χ0v) is 20.8. The molecule has 0 amide bonds. The lowest BCUT2D eigenvalue weighted by Gasteiger charge is -2.15. The van der Waals surface area contributed by atoms with Crippen molar-refractivity contribution in [3.63, 3.8) is 0 Å². The third-order valence-corrected chi connectivity index (χ3v) is 6.93. The number of hydrogen-bond acceptors (Lipinski definition) is 5. The number of fused-ring (bicyclic) bond motifs is 4. The fourth-order valence-corrected chi connectivity index (χ4v) is 5.31. The molecule has 1 aliphatic rings. The minimum Gasteiger partial charge on any atom is -0.462 e. The van der Waals surface area contributed by atoms with Crippen LogP contribution in [0, 0.1) is 0 Å². The number of carbonyl (C=O) groups is 1. The smallest absolute Gasteiger partial charge is 0.338 e. The minimum absolute atomic E-state index is 0.326. The van der Waals surface area contributed by atoms with Crippen LogP contribution in [-0.4, -0.2) is 54.1 Å². The third kappa shape index (κ3) is 4.34. The van der Waals surface area contributed by atoms with Gasteiger partial charge >= 0.3 is 5.97 Å². The number of hydrogen-bond donors (Lipinski definition) is 0. The Labute approximate surface area is 205 Å². The lowest BCUT2D eigenvalue weighted by molar-refractivity contribution is 0.0526. The molecule has 2 aromatic heterocycles. The van der Waals surface area contributed by atoms with E-state index in [-0.39, 0.29) is 5.97 Å². The molecule has 4 aromatic rings. The Morgan fingerprint density at radius 1 is 0.943 bits per heavy atom. The molecule has 0 saturated heterocycles. The highest BCUT2D eigenvalue weighted by molar-refractivity contribution is 5.95. The van der Waals surface area contributed by atoms with Crippen LogP contribution in [0.4, 0.5) is 0 Å². The van der Waals surface area contributed by atoms with E-state index in [9.17, 15) is 4.79 Å². The Bertz CT molecular complexity index is 1370. The highest BCUT2D eigenvalue weighted by Crippen LogP contribution is 2.35. The predicted molar refractivity (Wildman–Crippen MR) is 137 cm³/mol. The van der Waals surface area contributed by atoms with Crippen molar-refractivity contribution in [3.05, 3.63) is 53.2 Å². The maximum atomic E-state index is 12.3. The van der Waals surface area contributed by atoms with Gasteiger partial charge in [0, 0.05) is 49.5 Å². The summed E-state index contributed by atoms with van der Waals surface area (Å²) in [5, 5.41) is 1.31. The summed E-state index contributed by atoms with van der Waals surface area (Å²) in [6, 6.07) is 12.3. The average molecular weight is 476 g/mol. The topological polar surface area (TPSA) is 67.5 Å². The predicted octanol–water partition coefficient (Wildman–Crippen LogP) is 5.01. The third-order valence-electron chi connectivity index (χ3n) is 6.93. The molecule has 0 aliphatic heterocycles. The van der Waals surface area contributed by atoms with Crippen LogP contribution in [0.15, 0.2) is 36.4 Å². The van der Waals surface area contributed by atoms with Crippen molar-refractivity contribution >= 4 is 27.9 Å². The molecule has 0 spiro atoms. The Morgan fingerprint density at radius 2 is 1.69 bits per heavy atom. The Hall–Kier alpha value is -3.16. The summed E-state index contributed by atoms with van der Waals surface area (Å²) in [5.41, 5.74) is 7.52. The molecule has 35 heavy (non-hydrogen) atoms. The number of imidazole rings is 1. The van der Waals surface area contributed by atoms with Crippen molar-refractivity contribution in [1.29, 1.82) is 0 Å². The molecule has 0 unspecified atom stereocenters. The molecule has 0 saturated carbocycles. The molecule has 0 fully saturated rings. The number of nitrogens with zero attached hydrogens (tertiary/aromatic N) is 3. The van der Waals surface area contributed by atoms with Gasteiger partial charge in [-0.05, 0) is 74.6 Å². The number of ether oxygens (including phenoxy) is 3. The largest absolute Gasteiger partial charge is 0.462 e. The molecule has 7 nitrogen and oxygen atoms in total. The van der Waals surface area contributed by atoms with E-state index >= 15 is 0 Å². The maximum Gasteiger partial charge on any atom is 0.338 e. The van der Waals surface area contributed by atoms with E-state index < -0.39 is 0 Å². The number of carbonyl (C=O) groups excluding carboxylic acids is 1. The molecule has 7 heteroatoms. The van der Waals surface area contributed by atoms with Gasteiger partial charge < -0.3 is 23.3 Å². The number of aryl methyl sites for hydroxylation is 1. The Balaban J connectivity index is 1.64. The monoisotopic (exact) mass is 475 g/mol. The highest BCUT2D eigenvalue weighted by atomic mass is 16.5. The molecule has 0 N–H and O–H groups in total. The van der Waals surface area contributed by atoms with E-state index in [0.29, 0.717) is 31.9 Å². The molecule has 184 valence electrons. The molecule has 2 aromatic carbocycles. The van der Waals surface area contributed by atoms with Gasteiger partial charge in [-0.25, -0.2) is 9.78 Å². The van der Waals surface area contributed by atoms with Crippen molar-refractivity contribution in [1.82, 2.24) is 14.1 Å². The zero-order chi connectivity index (χ0) is 24.4. The van der Waals surface area contributed by atoms with Gasteiger partial charge in [0.1, 0.15) is 5.82 Å². The van der Waals surface area contributed by atoms with Crippen molar-refractivity contribution in [3.8, 4) is 11.4 Å². The lowest BCUT2D eigenvalue weighted by Crippen LogP contribution is -2.11. The van der Waals surface area contributed by atoms with Crippen LogP contribution in [0.5, 0.6) is 0 Å². The van der Waals surface area contributed by atoms with Gasteiger partial charge in [0.15, 0.2) is 0 Å². The number of methoxy groups -OCH3 is 2. The van der Waals surface area contributed by atoms with Crippen LogP contribution < -0.4 is 0 Å². The van der Waals surface area contributed by atoms with Crippen LogP contribution in [0.2, 0.25) is 0 Å². The summed E-state index contributed by atoms with van der Waals surface area (Å²) in [4.78, 5) is 17.3. The van der Waals surface area contributed by atoms with Gasteiger partial charge in [-0.15, -0.1) is 0 Å². The van der Waals surface area contributed by atoms with E-state index in [1.54, 1.807) is 14.2 Å². The Kier molecular flexibility index (Phi) is 6.88. The molecule has 0 atom stereocenters. The van der Waals surface area contributed by atoms with Gasteiger partial charge in [-0.3, -0.25) is 0 Å². The fraction of sp³-hybridized carbons (Fsp3) is 0.429. The number of aromatic nitrogens is 3. The molecule has 1 aliphatic carbocycles. The summed E-state index contributed by atoms with van der Waals surface area (Å²) in [6.07, 6.45) is 4.69. The maximum absolute atomic E-state index is 12.3. The second kappa shape index (κ2) is 10.2. The quantitative estimate of drug-likeness (QED) is 0.319. The van der Waals surface area contributed by atoms with E-state index in [1.807, 2.05) is 25.1 Å². The molecule has 0 bridgehead atoms. The zero-order valence-electron chi connectivity index (χ0n) is 20.8. The number of esters is 1. The summed E-state index contributed by atoms with van der Waals surface area (Å²) in [7, 11) is 3.47. The highest BCUT2D eigenvalue weighted by Gasteiger charge is 2.22. The van der Waals surface area contributed by atoms with Crippen LogP contribution in [-0.2, 0) is 40.1 Å². The molecular formula is C28H33N3O4. The first kappa shape index (κ1) is 23.6. The SMILES string of the molecule is CCOC(=O)c1ccc2c(c1)nc(-c1ccc3c(c1)c1c(n3CCOC)CCCC1)n2CCOC. The summed E-state index contributed by atoms with van der Waals surface area (Å²) >= 11 is 0. The van der Waals surface area contributed by atoms with Gasteiger partial charge in [0.25, 0.3) is 0 Å². The fourth-order valence-electron chi connectivity index (χ4n) is 5.31. The van der Waals surface area contributed by atoms with E-state index in [2.05, 4.69) is 27.3 Å². The van der Waals surface area contributed by atoms with Crippen molar-refractivity contribution < 1.29 is 19.0 Å². The van der Waals surface area contributed by atoms with Crippen molar-refractivity contribution in [2.24, 2.45) is 0 Å². The lowest BCUT2D eigenvalue weighted by atomic mass is 9.95. The van der Waals surface area contributed by atoms with Crippen LogP contribution in [0.1, 0.15) is 41.4 Å². The van der Waals surface area contributed by atoms with E-state index in [4.69, 9.17) is 19.2 Å². The van der Waals surface area contributed by atoms with E-state index in [0.717, 1.165) is 41.8 Å². The second-order valence-electron chi connectivity index (χ2n) is 9.01. The van der Waals surface area contributed by atoms with Crippen LogP contribution in [0.3, 0.4) is 0 Å². The molecule has 0 radical (unpaired) electrons. The molecule has 2 heterocycles.